The van der Waals surface area contributed by atoms with Crippen molar-refractivity contribution in [3.63, 3.8) is 0 Å². The predicted octanol–water partition coefficient (Wildman–Crippen LogP) is 1.68. The second-order valence-corrected chi connectivity index (χ2v) is 3.26. The first-order valence-electron chi connectivity index (χ1n) is 4.33. The van der Waals surface area contributed by atoms with E-state index in [-0.39, 0.29) is 0 Å². The number of benzene rings is 1. The fourth-order valence-electron chi connectivity index (χ4n) is 1.79. The number of rotatable bonds is 1. The van der Waals surface area contributed by atoms with Gasteiger partial charge in [0.2, 0.25) is 0 Å². The summed E-state index contributed by atoms with van der Waals surface area (Å²) in [5.74, 6) is 0. The highest BCUT2D eigenvalue weighted by Gasteiger charge is 2.20. The van der Waals surface area contributed by atoms with E-state index in [2.05, 4.69) is 35.8 Å². The minimum Gasteiger partial charge on any atom is -0.383 e. The van der Waals surface area contributed by atoms with E-state index in [9.17, 15) is 0 Å². The zero-order valence-electron chi connectivity index (χ0n) is 7.52. The van der Waals surface area contributed by atoms with Gasteiger partial charge < -0.3 is 10.6 Å². The second-order valence-electron chi connectivity index (χ2n) is 3.26. The highest BCUT2D eigenvalue weighted by Crippen LogP contribution is 2.31. The molecule has 1 atom stereocenters. The van der Waals surface area contributed by atoms with Crippen LogP contribution in [-0.4, -0.2) is 13.6 Å². The summed E-state index contributed by atoms with van der Waals surface area (Å²) in [6, 6.07) is 6.93. The zero-order valence-corrected chi connectivity index (χ0v) is 7.52. The van der Waals surface area contributed by atoms with Crippen molar-refractivity contribution < 1.29 is 0 Å². The number of nitrogens with one attached hydrogen (secondary N) is 2. The molecule has 2 N–H and O–H groups in total. The van der Waals surface area contributed by atoms with Crippen molar-refractivity contribution in [3.05, 3.63) is 29.3 Å². The molecule has 2 rings (SSSR count). The van der Waals surface area contributed by atoms with Crippen LogP contribution in [0.2, 0.25) is 0 Å². The van der Waals surface area contributed by atoms with Gasteiger partial charge in [-0.05, 0) is 25.1 Å². The number of para-hydroxylation sites is 1. The van der Waals surface area contributed by atoms with E-state index in [1.54, 1.807) is 0 Å². The maximum atomic E-state index is 3.41. The molecular formula is C10H14N2. The summed E-state index contributed by atoms with van der Waals surface area (Å²) in [5, 5.41) is 6.69. The molecule has 0 spiro atoms. The Morgan fingerprint density at radius 1 is 1.50 bits per heavy atom. The molecule has 1 aliphatic rings. The molecule has 64 valence electrons. The molecule has 2 nitrogen and oxygen atoms in total. The molecule has 1 aromatic carbocycles. The minimum absolute atomic E-state index is 0.486. The number of hydrogen-bond donors (Lipinski definition) is 2. The highest BCUT2D eigenvalue weighted by molar-refractivity contribution is 5.62. The van der Waals surface area contributed by atoms with Crippen molar-refractivity contribution in [2.24, 2.45) is 0 Å². The maximum Gasteiger partial charge on any atom is 0.0513 e. The Morgan fingerprint density at radius 2 is 2.33 bits per heavy atom. The van der Waals surface area contributed by atoms with Gasteiger partial charge in [0.1, 0.15) is 0 Å². The second kappa shape index (κ2) is 2.79. The normalized spacial score (nSPS) is 20.3. The first-order valence-corrected chi connectivity index (χ1v) is 4.33. The van der Waals surface area contributed by atoms with Gasteiger partial charge in [0.05, 0.1) is 6.04 Å². The lowest BCUT2D eigenvalue weighted by Gasteiger charge is -2.07. The molecular weight excluding hydrogens is 148 g/mol. The van der Waals surface area contributed by atoms with Crippen molar-refractivity contribution in [2.75, 3.05) is 18.9 Å². The van der Waals surface area contributed by atoms with Crippen LogP contribution in [0.1, 0.15) is 17.2 Å². The van der Waals surface area contributed by atoms with Crippen LogP contribution >= 0.6 is 0 Å². The van der Waals surface area contributed by atoms with Crippen molar-refractivity contribution in [3.8, 4) is 0 Å². The van der Waals surface area contributed by atoms with Crippen LogP contribution in [0.25, 0.3) is 0 Å². The fraction of sp³-hybridized carbons (Fsp3) is 0.400. The third-order valence-corrected chi connectivity index (χ3v) is 2.51. The molecule has 0 fully saturated rings. The van der Waals surface area contributed by atoms with Crippen LogP contribution in [0.5, 0.6) is 0 Å². The van der Waals surface area contributed by atoms with Gasteiger partial charge in [0, 0.05) is 12.2 Å². The lowest BCUT2D eigenvalue weighted by Crippen LogP contribution is -2.17. The minimum atomic E-state index is 0.486. The summed E-state index contributed by atoms with van der Waals surface area (Å²) in [6.07, 6.45) is 0. The van der Waals surface area contributed by atoms with Crippen molar-refractivity contribution >= 4 is 5.69 Å². The molecule has 1 unspecified atom stereocenters. The van der Waals surface area contributed by atoms with Gasteiger partial charge in [-0.25, -0.2) is 0 Å². The van der Waals surface area contributed by atoms with Gasteiger partial charge in [-0.2, -0.15) is 0 Å². The summed E-state index contributed by atoms with van der Waals surface area (Å²) in [5.41, 5.74) is 4.06. The Hall–Kier alpha value is -1.02. The molecule has 1 aromatic rings. The third kappa shape index (κ3) is 0.994. The van der Waals surface area contributed by atoms with Gasteiger partial charge in [-0.1, -0.05) is 18.2 Å². The van der Waals surface area contributed by atoms with Gasteiger partial charge >= 0.3 is 0 Å². The molecule has 12 heavy (non-hydrogen) atoms. The highest BCUT2D eigenvalue weighted by atomic mass is 15.0. The Labute approximate surface area is 73.0 Å². The van der Waals surface area contributed by atoms with Crippen molar-refractivity contribution in [1.82, 2.24) is 5.32 Å². The molecule has 0 radical (unpaired) electrons. The van der Waals surface area contributed by atoms with Gasteiger partial charge in [-0.15, -0.1) is 0 Å². The van der Waals surface area contributed by atoms with Crippen LogP contribution in [0.15, 0.2) is 18.2 Å². The Bertz CT molecular complexity index is 294. The summed E-state index contributed by atoms with van der Waals surface area (Å²) in [7, 11) is 2.00. The van der Waals surface area contributed by atoms with E-state index < -0.39 is 0 Å². The average Bonchev–Trinajstić information content (AvgIpc) is 2.49. The van der Waals surface area contributed by atoms with Crippen LogP contribution < -0.4 is 10.6 Å². The Kier molecular flexibility index (Phi) is 1.77. The molecule has 0 bridgehead atoms. The molecule has 0 saturated heterocycles. The summed E-state index contributed by atoms with van der Waals surface area (Å²) < 4.78 is 0. The largest absolute Gasteiger partial charge is 0.383 e. The monoisotopic (exact) mass is 162 g/mol. The predicted molar refractivity (Wildman–Crippen MR) is 51.5 cm³/mol. The maximum absolute atomic E-state index is 3.41. The smallest absolute Gasteiger partial charge is 0.0513 e. The van der Waals surface area contributed by atoms with Gasteiger partial charge in [0.15, 0.2) is 0 Å². The number of fused-ring (bicyclic) bond motifs is 1. The van der Waals surface area contributed by atoms with Crippen LogP contribution in [0.4, 0.5) is 5.69 Å². The Morgan fingerprint density at radius 3 is 3.08 bits per heavy atom. The number of hydrogen-bond acceptors (Lipinski definition) is 2. The fourth-order valence-corrected chi connectivity index (χ4v) is 1.79. The molecule has 2 heteroatoms. The van der Waals surface area contributed by atoms with E-state index >= 15 is 0 Å². The van der Waals surface area contributed by atoms with Crippen molar-refractivity contribution in [1.29, 1.82) is 0 Å². The lowest BCUT2D eigenvalue weighted by atomic mass is 10.1. The molecule has 1 aliphatic heterocycles. The number of aryl methyl sites for hydroxylation is 1. The number of likely N-dealkylation sites (N-methyl/N-ethyl adjacent to an activating group) is 1. The summed E-state index contributed by atoms with van der Waals surface area (Å²) >= 11 is 0. The lowest BCUT2D eigenvalue weighted by molar-refractivity contribution is 0.648. The standard InChI is InChI=1S/C10H14N2/c1-7-4-3-5-8-9(11-2)6-12-10(7)8/h3-5,9,11-12H,6H2,1-2H3. The average molecular weight is 162 g/mol. The van der Waals surface area contributed by atoms with Gasteiger partial charge in [-0.3, -0.25) is 0 Å². The van der Waals surface area contributed by atoms with E-state index in [1.807, 2.05) is 7.05 Å². The van der Waals surface area contributed by atoms with Crippen molar-refractivity contribution in [2.45, 2.75) is 13.0 Å². The first-order chi connectivity index (χ1) is 5.83. The summed E-state index contributed by atoms with van der Waals surface area (Å²) in [6.45, 7) is 3.15. The van der Waals surface area contributed by atoms with Crippen LogP contribution in [0, 0.1) is 6.92 Å². The van der Waals surface area contributed by atoms with E-state index in [4.69, 9.17) is 0 Å². The van der Waals surface area contributed by atoms with Crippen LogP contribution in [-0.2, 0) is 0 Å². The zero-order chi connectivity index (χ0) is 8.55. The van der Waals surface area contributed by atoms with Crippen LogP contribution in [0.3, 0.4) is 0 Å². The first kappa shape index (κ1) is 7.62. The molecule has 0 saturated carbocycles. The molecule has 0 aromatic heterocycles. The SMILES string of the molecule is CNC1CNc2c(C)cccc21. The number of anilines is 1. The molecule has 0 aliphatic carbocycles. The third-order valence-electron chi connectivity index (χ3n) is 2.51. The Balaban J connectivity index is 2.46. The van der Waals surface area contributed by atoms with E-state index in [1.165, 1.54) is 16.8 Å². The molecule has 1 heterocycles. The quantitative estimate of drug-likeness (QED) is 0.656. The topological polar surface area (TPSA) is 24.1 Å². The van der Waals surface area contributed by atoms with Gasteiger partial charge in [0.25, 0.3) is 0 Å². The van der Waals surface area contributed by atoms with E-state index in [0.717, 1.165) is 6.54 Å². The molecule has 0 amide bonds. The summed E-state index contributed by atoms with van der Waals surface area (Å²) in [4.78, 5) is 0. The van der Waals surface area contributed by atoms with E-state index in [0.29, 0.717) is 6.04 Å².